The van der Waals surface area contributed by atoms with Crippen LogP contribution >= 0.6 is 0 Å². The summed E-state index contributed by atoms with van der Waals surface area (Å²) < 4.78 is 1.76. The normalized spacial score (nSPS) is 10.7. The van der Waals surface area contributed by atoms with Crippen LogP contribution in [0.15, 0.2) is 46.9 Å². The molecule has 0 aliphatic rings. The van der Waals surface area contributed by atoms with E-state index in [2.05, 4.69) is 15.3 Å². The molecule has 6 nitrogen and oxygen atoms in total. The van der Waals surface area contributed by atoms with Crippen LogP contribution in [0, 0.1) is 6.92 Å². The van der Waals surface area contributed by atoms with E-state index in [1.807, 2.05) is 37.4 Å². The first-order valence-corrected chi connectivity index (χ1v) is 5.39. The predicted octanol–water partition coefficient (Wildman–Crippen LogP) is 0.788. The number of aromatic nitrogens is 2. The molecule has 2 aromatic rings. The predicted molar refractivity (Wildman–Crippen MR) is 71.7 cm³/mol. The van der Waals surface area contributed by atoms with Crippen LogP contribution in [0.25, 0.3) is 5.69 Å². The van der Waals surface area contributed by atoms with Gasteiger partial charge in [-0.05, 0) is 25.1 Å². The number of guanidine groups is 1. The van der Waals surface area contributed by atoms with Crippen molar-refractivity contribution < 1.29 is 0 Å². The molecule has 2 rings (SSSR count). The zero-order chi connectivity index (χ0) is 13.0. The lowest BCUT2D eigenvalue weighted by Crippen LogP contribution is -2.21. The van der Waals surface area contributed by atoms with Crippen molar-refractivity contribution in [2.45, 2.75) is 6.92 Å². The molecule has 0 unspecified atom stereocenters. The standard InChI is InChI=1S/C12H14N6/c1-9-3-4-11(18-6-2-5-16-18)10(7-9)8-15-17-12(13)14/h2-8H,1H3,(H4,13,14,17). The Balaban J connectivity index is 2.42. The van der Waals surface area contributed by atoms with E-state index in [1.165, 1.54) is 0 Å². The van der Waals surface area contributed by atoms with Crippen molar-refractivity contribution in [3.8, 4) is 5.69 Å². The van der Waals surface area contributed by atoms with Gasteiger partial charge in [-0.1, -0.05) is 11.6 Å². The molecule has 0 aliphatic carbocycles. The monoisotopic (exact) mass is 242 g/mol. The third-order valence-electron chi connectivity index (χ3n) is 2.30. The van der Waals surface area contributed by atoms with E-state index in [1.54, 1.807) is 17.1 Å². The quantitative estimate of drug-likeness (QED) is 0.473. The molecule has 4 N–H and O–H groups in total. The van der Waals surface area contributed by atoms with Gasteiger partial charge in [0, 0.05) is 18.0 Å². The molecule has 0 amide bonds. The maximum absolute atomic E-state index is 5.22. The molecule has 0 aliphatic heterocycles. The molecule has 1 aromatic heterocycles. The second kappa shape index (κ2) is 5.13. The van der Waals surface area contributed by atoms with Gasteiger partial charge in [0.1, 0.15) is 0 Å². The van der Waals surface area contributed by atoms with Crippen molar-refractivity contribution in [2.24, 2.45) is 21.7 Å². The van der Waals surface area contributed by atoms with Gasteiger partial charge in [-0.2, -0.15) is 10.2 Å². The highest BCUT2D eigenvalue weighted by Gasteiger charge is 2.03. The van der Waals surface area contributed by atoms with Crippen LogP contribution in [0.3, 0.4) is 0 Å². The molecule has 0 saturated heterocycles. The fourth-order valence-corrected chi connectivity index (χ4v) is 1.56. The van der Waals surface area contributed by atoms with Gasteiger partial charge in [-0.3, -0.25) is 0 Å². The number of aryl methyl sites for hydroxylation is 1. The van der Waals surface area contributed by atoms with Crippen LogP contribution in [0.1, 0.15) is 11.1 Å². The molecule has 1 heterocycles. The summed E-state index contributed by atoms with van der Waals surface area (Å²) in [6.07, 6.45) is 5.18. The van der Waals surface area contributed by atoms with Gasteiger partial charge in [0.05, 0.1) is 11.9 Å². The number of hydrogen-bond donors (Lipinski definition) is 2. The zero-order valence-electron chi connectivity index (χ0n) is 9.99. The van der Waals surface area contributed by atoms with Gasteiger partial charge >= 0.3 is 0 Å². The molecule has 0 atom stereocenters. The van der Waals surface area contributed by atoms with Crippen LogP contribution in [0.2, 0.25) is 0 Å². The third-order valence-corrected chi connectivity index (χ3v) is 2.30. The smallest absolute Gasteiger partial charge is 0.211 e. The average molecular weight is 242 g/mol. The Kier molecular flexibility index (Phi) is 3.38. The minimum Gasteiger partial charge on any atom is -0.369 e. The minimum atomic E-state index is -0.0699. The summed E-state index contributed by atoms with van der Waals surface area (Å²) in [4.78, 5) is 0. The molecule has 92 valence electrons. The van der Waals surface area contributed by atoms with Gasteiger partial charge in [0.25, 0.3) is 0 Å². The number of nitrogens with two attached hydrogens (primary N) is 2. The van der Waals surface area contributed by atoms with E-state index in [0.717, 1.165) is 16.8 Å². The Labute approximate surface area is 105 Å². The highest BCUT2D eigenvalue weighted by atomic mass is 15.3. The SMILES string of the molecule is Cc1ccc(-n2cccn2)c(C=NN=C(N)N)c1. The largest absolute Gasteiger partial charge is 0.369 e. The average Bonchev–Trinajstić information content (AvgIpc) is 2.82. The van der Waals surface area contributed by atoms with Crippen LogP contribution in [-0.4, -0.2) is 22.0 Å². The number of hydrogen-bond acceptors (Lipinski definition) is 3. The number of nitrogens with zero attached hydrogens (tertiary/aromatic N) is 4. The highest BCUT2D eigenvalue weighted by molar-refractivity contribution is 5.86. The first-order valence-electron chi connectivity index (χ1n) is 5.39. The molecule has 0 fully saturated rings. The Morgan fingerprint density at radius 1 is 1.39 bits per heavy atom. The lowest BCUT2D eigenvalue weighted by atomic mass is 10.1. The summed E-state index contributed by atoms with van der Waals surface area (Å²) in [5.74, 6) is -0.0699. The highest BCUT2D eigenvalue weighted by Crippen LogP contribution is 2.14. The van der Waals surface area contributed by atoms with E-state index >= 15 is 0 Å². The van der Waals surface area contributed by atoms with Crippen LogP contribution in [0.4, 0.5) is 0 Å². The van der Waals surface area contributed by atoms with Gasteiger partial charge in [-0.25, -0.2) is 4.68 Å². The van der Waals surface area contributed by atoms with Crippen molar-refractivity contribution >= 4 is 12.2 Å². The summed E-state index contributed by atoms with van der Waals surface area (Å²) in [6.45, 7) is 2.00. The Morgan fingerprint density at radius 2 is 2.22 bits per heavy atom. The molecular formula is C12H14N6. The van der Waals surface area contributed by atoms with Gasteiger partial charge in [0.15, 0.2) is 0 Å². The lowest BCUT2D eigenvalue weighted by Gasteiger charge is -2.06. The van der Waals surface area contributed by atoms with Crippen molar-refractivity contribution in [1.29, 1.82) is 0 Å². The van der Waals surface area contributed by atoms with Crippen molar-refractivity contribution in [3.05, 3.63) is 47.8 Å². The van der Waals surface area contributed by atoms with Crippen molar-refractivity contribution in [3.63, 3.8) is 0 Å². The van der Waals surface area contributed by atoms with E-state index < -0.39 is 0 Å². The minimum absolute atomic E-state index is 0.0699. The Hall–Kier alpha value is -2.63. The first kappa shape index (κ1) is 11.8. The van der Waals surface area contributed by atoms with Gasteiger partial charge in [-0.15, -0.1) is 5.10 Å². The van der Waals surface area contributed by atoms with E-state index in [4.69, 9.17) is 11.5 Å². The zero-order valence-corrected chi connectivity index (χ0v) is 9.99. The summed E-state index contributed by atoms with van der Waals surface area (Å²) in [6, 6.07) is 7.83. The maximum atomic E-state index is 5.22. The van der Waals surface area contributed by atoms with E-state index in [0.29, 0.717) is 0 Å². The summed E-state index contributed by atoms with van der Waals surface area (Å²) in [7, 11) is 0. The van der Waals surface area contributed by atoms with E-state index in [-0.39, 0.29) is 5.96 Å². The fourth-order valence-electron chi connectivity index (χ4n) is 1.56. The molecule has 18 heavy (non-hydrogen) atoms. The second-order valence-electron chi connectivity index (χ2n) is 3.78. The number of rotatable bonds is 3. The summed E-state index contributed by atoms with van der Waals surface area (Å²) >= 11 is 0. The molecule has 0 radical (unpaired) electrons. The topological polar surface area (TPSA) is 94.6 Å². The molecule has 0 saturated carbocycles. The van der Waals surface area contributed by atoms with Gasteiger partial charge in [0.2, 0.25) is 5.96 Å². The van der Waals surface area contributed by atoms with Gasteiger partial charge < -0.3 is 11.5 Å². The molecule has 1 aromatic carbocycles. The first-order chi connectivity index (χ1) is 8.66. The summed E-state index contributed by atoms with van der Waals surface area (Å²) in [5.41, 5.74) is 13.4. The van der Waals surface area contributed by atoms with Crippen LogP contribution in [0.5, 0.6) is 0 Å². The van der Waals surface area contributed by atoms with Crippen LogP contribution < -0.4 is 11.5 Å². The molecule has 0 bridgehead atoms. The van der Waals surface area contributed by atoms with Crippen molar-refractivity contribution in [2.75, 3.05) is 0 Å². The third kappa shape index (κ3) is 2.73. The molecule has 6 heteroatoms. The Bertz CT molecular complexity index is 579. The second-order valence-corrected chi connectivity index (χ2v) is 3.78. The van der Waals surface area contributed by atoms with Crippen LogP contribution in [-0.2, 0) is 0 Å². The van der Waals surface area contributed by atoms with E-state index in [9.17, 15) is 0 Å². The lowest BCUT2D eigenvalue weighted by molar-refractivity contribution is 0.878. The summed E-state index contributed by atoms with van der Waals surface area (Å²) in [5, 5.41) is 11.6. The number of benzene rings is 1. The molecule has 0 spiro atoms. The maximum Gasteiger partial charge on any atom is 0.211 e. The Morgan fingerprint density at radius 3 is 2.89 bits per heavy atom. The van der Waals surface area contributed by atoms with Crippen molar-refractivity contribution in [1.82, 2.24) is 9.78 Å². The fraction of sp³-hybridized carbons (Fsp3) is 0.0833. The molecular weight excluding hydrogens is 228 g/mol.